The van der Waals surface area contributed by atoms with Crippen molar-refractivity contribution >= 4 is 20.6 Å². The van der Waals surface area contributed by atoms with Crippen molar-refractivity contribution < 1.29 is 8.42 Å². The topological polar surface area (TPSA) is 46.2 Å². The van der Waals surface area contributed by atoms with Gasteiger partial charge in [0.25, 0.3) is 0 Å². The van der Waals surface area contributed by atoms with Gasteiger partial charge in [-0.15, -0.1) is 0 Å². The number of fused-ring (bicyclic) bond motifs is 1. The second kappa shape index (κ2) is 6.58. The zero-order valence-electron chi connectivity index (χ0n) is 12.8. The molecule has 0 saturated carbocycles. The van der Waals surface area contributed by atoms with E-state index in [1.165, 1.54) is 0 Å². The molecule has 0 bridgehead atoms. The van der Waals surface area contributed by atoms with Gasteiger partial charge in [-0.1, -0.05) is 51.1 Å². The predicted octanol–water partition coefficient (Wildman–Crippen LogP) is 3.25. The molecular formula is C17H23NO2S. The second-order valence-corrected chi connectivity index (χ2v) is 7.73. The van der Waals surface area contributed by atoms with E-state index in [4.69, 9.17) is 0 Å². The molecule has 0 saturated heterocycles. The van der Waals surface area contributed by atoms with Crippen LogP contribution in [0.3, 0.4) is 0 Å². The quantitative estimate of drug-likeness (QED) is 0.891. The van der Waals surface area contributed by atoms with E-state index >= 15 is 0 Å². The molecule has 3 nitrogen and oxygen atoms in total. The molecule has 0 radical (unpaired) electrons. The monoisotopic (exact) mass is 305 g/mol. The summed E-state index contributed by atoms with van der Waals surface area (Å²) in [6.07, 6.45) is 0. The fourth-order valence-corrected chi connectivity index (χ4v) is 4.19. The first-order valence-corrected chi connectivity index (χ1v) is 9.04. The van der Waals surface area contributed by atoms with Gasteiger partial charge in [-0.3, -0.25) is 0 Å². The van der Waals surface area contributed by atoms with Gasteiger partial charge in [0.15, 0.2) is 9.84 Å². The lowest BCUT2D eigenvalue weighted by atomic mass is 10.1. The Morgan fingerprint density at radius 2 is 1.71 bits per heavy atom. The summed E-state index contributed by atoms with van der Waals surface area (Å²) >= 11 is 0. The van der Waals surface area contributed by atoms with Crippen molar-refractivity contribution in [3.8, 4) is 0 Å². The third-order valence-electron chi connectivity index (χ3n) is 3.75. The van der Waals surface area contributed by atoms with Crippen molar-refractivity contribution in [3.05, 3.63) is 42.5 Å². The minimum absolute atomic E-state index is 0.0218. The summed E-state index contributed by atoms with van der Waals surface area (Å²) in [6, 6.07) is 13.1. The molecule has 0 spiro atoms. The van der Waals surface area contributed by atoms with Crippen LogP contribution in [-0.4, -0.2) is 26.8 Å². The van der Waals surface area contributed by atoms with Crippen molar-refractivity contribution in [2.45, 2.75) is 31.7 Å². The summed E-state index contributed by atoms with van der Waals surface area (Å²) in [4.78, 5) is 0.407. The van der Waals surface area contributed by atoms with E-state index in [-0.39, 0.29) is 17.7 Å². The minimum atomic E-state index is -3.28. The first-order valence-electron chi connectivity index (χ1n) is 7.39. The Bertz CT molecular complexity index is 708. The summed E-state index contributed by atoms with van der Waals surface area (Å²) in [5, 5.41) is 5.29. The SMILES string of the molecule is CCNC(CS(=O)(=O)c1ccc2ccccc2c1)C(C)C. The summed E-state index contributed by atoms with van der Waals surface area (Å²) in [5.74, 6) is 0.414. The van der Waals surface area contributed by atoms with Crippen LogP contribution in [0.4, 0.5) is 0 Å². The molecule has 0 heterocycles. The van der Waals surface area contributed by atoms with Gasteiger partial charge in [0.2, 0.25) is 0 Å². The molecular weight excluding hydrogens is 282 g/mol. The van der Waals surface area contributed by atoms with Crippen molar-refractivity contribution in [3.63, 3.8) is 0 Å². The molecule has 2 aromatic carbocycles. The highest BCUT2D eigenvalue weighted by Crippen LogP contribution is 2.21. The van der Waals surface area contributed by atoms with Crippen LogP contribution in [-0.2, 0) is 9.84 Å². The molecule has 114 valence electrons. The van der Waals surface area contributed by atoms with Gasteiger partial charge in [-0.25, -0.2) is 8.42 Å². The molecule has 0 amide bonds. The molecule has 0 fully saturated rings. The van der Waals surface area contributed by atoms with Crippen LogP contribution >= 0.6 is 0 Å². The smallest absolute Gasteiger partial charge is 0.179 e. The predicted molar refractivity (Wildman–Crippen MR) is 88.3 cm³/mol. The Labute approximate surface area is 127 Å². The van der Waals surface area contributed by atoms with E-state index in [0.29, 0.717) is 4.90 Å². The molecule has 21 heavy (non-hydrogen) atoms. The van der Waals surface area contributed by atoms with Gasteiger partial charge in [-0.2, -0.15) is 0 Å². The van der Waals surface area contributed by atoms with Crippen LogP contribution in [0, 0.1) is 5.92 Å². The van der Waals surface area contributed by atoms with E-state index < -0.39 is 9.84 Å². The lowest BCUT2D eigenvalue weighted by Gasteiger charge is -2.21. The molecule has 1 unspecified atom stereocenters. The van der Waals surface area contributed by atoms with Gasteiger partial charge < -0.3 is 5.32 Å². The number of nitrogens with one attached hydrogen (secondary N) is 1. The van der Waals surface area contributed by atoms with Crippen LogP contribution in [0.2, 0.25) is 0 Å². The maximum atomic E-state index is 12.6. The van der Waals surface area contributed by atoms with Crippen molar-refractivity contribution in [1.82, 2.24) is 5.32 Å². The van der Waals surface area contributed by atoms with Crippen molar-refractivity contribution in [2.24, 2.45) is 5.92 Å². The molecule has 0 aromatic heterocycles. The molecule has 1 N–H and O–H groups in total. The molecule has 0 aliphatic rings. The highest BCUT2D eigenvalue weighted by Gasteiger charge is 2.23. The fourth-order valence-electron chi connectivity index (χ4n) is 2.44. The maximum Gasteiger partial charge on any atom is 0.179 e. The maximum absolute atomic E-state index is 12.6. The molecule has 0 aliphatic heterocycles. The van der Waals surface area contributed by atoms with E-state index in [2.05, 4.69) is 5.32 Å². The normalized spacial score (nSPS) is 13.7. The second-order valence-electron chi connectivity index (χ2n) is 5.70. The van der Waals surface area contributed by atoms with Crippen LogP contribution in [0.15, 0.2) is 47.4 Å². The van der Waals surface area contributed by atoms with Crippen LogP contribution in [0.1, 0.15) is 20.8 Å². The van der Waals surface area contributed by atoms with E-state index in [1.807, 2.05) is 51.1 Å². The summed E-state index contributed by atoms with van der Waals surface area (Å²) in [7, 11) is -3.28. The van der Waals surface area contributed by atoms with Gasteiger partial charge in [0, 0.05) is 6.04 Å². The Balaban J connectivity index is 2.32. The number of sulfone groups is 1. The first-order chi connectivity index (χ1) is 9.94. The van der Waals surface area contributed by atoms with E-state index in [1.54, 1.807) is 12.1 Å². The zero-order chi connectivity index (χ0) is 15.5. The van der Waals surface area contributed by atoms with E-state index in [0.717, 1.165) is 17.3 Å². The molecule has 1 atom stereocenters. The molecule has 2 rings (SSSR count). The van der Waals surface area contributed by atoms with Crippen molar-refractivity contribution in [1.29, 1.82) is 0 Å². The average molecular weight is 305 g/mol. The van der Waals surface area contributed by atoms with Crippen molar-refractivity contribution in [2.75, 3.05) is 12.3 Å². The van der Waals surface area contributed by atoms with Gasteiger partial charge in [0.1, 0.15) is 0 Å². The number of hydrogen-bond donors (Lipinski definition) is 1. The Morgan fingerprint density at radius 1 is 1.05 bits per heavy atom. The van der Waals surface area contributed by atoms with Crippen LogP contribution in [0.25, 0.3) is 10.8 Å². The largest absolute Gasteiger partial charge is 0.313 e. The fraction of sp³-hybridized carbons (Fsp3) is 0.412. The van der Waals surface area contributed by atoms with Gasteiger partial charge in [0.05, 0.1) is 10.6 Å². The molecule has 4 heteroatoms. The van der Waals surface area contributed by atoms with Crippen LogP contribution in [0.5, 0.6) is 0 Å². The van der Waals surface area contributed by atoms with E-state index in [9.17, 15) is 8.42 Å². The first kappa shape index (κ1) is 16.0. The van der Waals surface area contributed by atoms with Gasteiger partial charge >= 0.3 is 0 Å². The highest BCUT2D eigenvalue weighted by atomic mass is 32.2. The minimum Gasteiger partial charge on any atom is -0.313 e. The van der Waals surface area contributed by atoms with Crippen LogP contribution < -0.4 is 5.32 Å². The summed E-state index contributed by atoms with van der Waals surface area (Å²) in [5.41, 5.74) is 0. The summed E-state index contributed by atoms with van der Waals surface area (Å²) < 4.78 is 25.3. The van der Waals surface area contributed by atoms with Gasteiger partial charge in [-0.05, 0) is 35.4 Å². The third-order valence-corrected chi connectivity index (χ3v) is 5.52. The molecule has 0 aliphatic carbocycles. The number of benzene rings is 2. The average Bonchev–Trinajstić information content (AvgIpc) is 2.46. The zero-order valence-corrected chi connectivity index (χ0v) is 13.7. The standard InChI is InChI=1S/C17H23NO2S/c1-4-18-17(13(2)3)12-21(19,20)16-10-9-14-7-5-6-8-15(14)11-16/h5-11,13,17-18H,4,12H2,1-3H3. The Kier molecular flexibility index (Phi) is 5.01. The Morgan fingerprint density at radius 3 is 2.33 bits per heavy atom. The number of rotatable bonds is 6. The number of hydrogen-bond acceptors (Lipinski definition) is 3. The lowest BCUT2D eigenvalue weighted by molar-refractivity contribution is 0.435. The third kappa shape index (κ3) is 3.83. The Hall–Kier alpha value is -1.39. The summed E-state index contributed by atoms with van der Waals surface area (Å²) in [6.45, 7) is 6.86. The highest BCUT2D eigenvalue weighted by molar-refractivity contribution is 7.91. The molecule has 2 aromatic rings. The lowest BCUT2D eigenvalue weighted by Crippen LogP contribution is -2.39.